The summed E-state index contributed by atoms with van der Waals surface area (Å²) < 4.78 is 41.1. The lowest BCUT2D eigenvalue weighted by Crippen LogP contribution is -2.28. The molecule has 0 radical (unpaired) electrons. The Kier molecular flexibility index (Phi) is 3.42. The highest BCUT2D eigenvalue weighted by Gasteiger charge is 2.43. The topological polar surface area (TPSA) is 43.4 Å². The van der Waals surface area contributed by atoms with E-state index in [2.05, 4.69) is 20.7 Å². The van der Waals surface area contributed by atoms with E-state index in [-0.39, 0.29) is 27.5 Å². The van der Waals surface area contributed by atoms with Gasteiger partial charge in [0, 0.05) is 5.92 Å². The van der Waals surface area contributed by atoms with Crippen molar-refractivity contribution in [1.29, 1.82) is 0 Å². The molecule has 0 heterocycles. The monoisotopic (exact) mass is 336 g/mol. The number of fused-ring (bicyclic) bond motifs is 1. The number of carbonyl (C=O) groups excluding carboxylic acids is 2. The second-order valence-corrected chi connectivity index (χ2v) is 5.12. The molecule has 0 fully saturated rings. The number of esters is 1. The van der Waals surface area contributed by atoms with E-state index in [9.17, 15) is 22.8 Å². The van der Waals surface area contributed by atoms with Gasteiger partial charge >= 0.3 is 12.1 Å². The summed E-state index contributed by atoms with van der Waals surface area (Å²) in [6.07, 6.45) is -4.67. The number of benzene rings is 1. The minimum Gasteiger partial charge on any atom is -0.418 e. The van der Waals surface area contributed by atoms with Crippen molar-refractivity contribution in [3.05, 3.63) is 27.7 Å². The normalized spacial score (nSPS) is 18.4. The summed E-state index contributed by atoms with van der Waals surface area (Å²) in [6, 6.07) is 3.09. The number of ether oxygens (including phenoxy) is 1. The first-order valence-electron chi connectivity index (χ1n) is 5.36. The molecule has 3 nitrogen and oxygen atoms in total. The van der Waals surface area contributed by atoms with Gasteiger partial charge in [-0.1, -0.05) is 13.0 Å². The maximum absolute atomic E-state index is 12.2. The van der Waals surface area contributed by atoms with Crippen molar-refractivity contribution in [2.45, 2.75) is 19.5 Å². The first-order valence-corrected chi connectivity index (χ1v) is 6.15. The van der Waals surface area contributed by atoms with Crippen molar-refractivity contribution in [2.24, 2.45) is 5.92 Å². The van der Waals surface area contributed by atoms with Crippen LogP contribution in [0, 0.1) is 5.92 Å². The van der Waals surface area contributed by atoms with Crippen molar-refractivity contribution in [1.82, 2.24) is 0 Å². The van der Waals surface area contributed by atoms with E-state index in [1.54, 1.807) is 13.0 Å². The van der Waals surface area contributed by atoms with Gasteiger partial charge in [-0.25, -0.2) is 4.79 Å². The van der Waals surface area contributed by atoms with Crippen LogP contribution in [0.2, 0.25) is 0 Å². The molecule has 2 rings (SSSR count). The smallest absolute Gasteiger partial charge is 0.418 e. The van der Waals surface area contributed by atoms with Gasteiger partial charge in [-0.15, -0.1) is 0 Å². The largest absolute Gasteiger partial charge is 0.491 e. The quantitative estimate of drug-likeness (QED) is 0.583. The third-order valence-electron chi connectivity index (χ3n) is 2.84. The summed E-state index contributed by atoms with van der Waals surface area (Å²) in [5.74, 6) is -3.34. The molecule has 1 atom stereocenters. The molecule has 1 aliphatic carbocycles. The maximum Gasteiger partial charge on any atom is 0.491 e. The van der Waals surface area contributed by atoms with Crippen LogP contribution in [0.25, 0.3) is 0 Å². The van der Waals surface area contributed by atoms with Gasteiger partial charge in [0.15, 0.2) is 11.5 Å². The molecule has 0 N–H and O–H groups in total. The van der Waals surface area contributed by atoms with Gasteiger partial charge in [0.25, 0.3) is 0 Å². The van der Waals surface area contributed by atoms with Gasteiger partial charge in [-0.3, -0.25) is 4.79 Å². The highest BCUT2D eigenvalue weighted by Crippen LogP contribution is 2.39. The zero-order chi connectivity index (χ0) is 14.4. The number of rotatable bonds is 1. The Bertz CT molecular complexity index is 566. The van der Waals surface area contributed by atoms with E-state index >= 15 is 0 Å². The standard InChI is InChI=1S/C12H8BrF3O3/c1-5-4-6-2-3-7(13)10(8(6)9(5)17)19-11(18)12(14,15)16/h2-3,5H,4H2,1H3. The lowest BCUT2D eigenvalue weighted by molar-refractivity contribution is -0.189. The van der Waals surface area contributed by atoms with Crippen LogP contribution >= 0.6 is 15.9 Å². The molecule has 7 heteroatoms. The number of hydrogen-bond acceptors (Lipinski definition) is 3. The zero-order valence-electron chi connectivity index (χ0n) is 9.68. The Morgan fingerprint density at radius 1 is 1.42 bits per heavy atom. The van der Waals surface area contributed by atoms with Crippen LogP contribution in [0.1, 0.15) is 22.8 Å². The molecular weight excluding hydrogens is 329 g/mol. The summed E-state index contributed by atoms with van der Waals surface area (Å²) >= 11 is 3.00. The van der Waals surface area contributed by atoms with Gasteiger partial charge in [-0.2, -0.15) is 13.2 Å². The molecule has 0 spiro atoms. The molecule has 0 bridgehead atoms. The van der Waals surface area contributed by atoms with Crippen LogP contribution in [0.3, 0.4) is 0 Å². The van der Waals surface area contributed by atoms with Crippen molar-refractivity contribution in [3.8, 4) is 5.75 Å². The highest BCUT2D eigenvalue weighted by molar-refractivity contribution is 9.10. The average Bonchev–Trinajstić information content (AvgIpc) is 2.58. The molecule has 1 unspecified atom stereocenters. The van der Waals surface area contributed by atoms with Gasteiger partial charge in [-0.05, 0) is 34.0 Å². The molecule has 1 aliphatic rings. The van der Waals surface area contributed by atoms with Crippen LogP contribution in [0.5, 0.6) is 5.75 Å². The minimum absolute atomic E-state index is 0.0551. The van der Waals surface area contributed by atoms with Crippen LogP contribution in [-0.2, 0) is 11.2 Å². The van der Waals surface area contributed by atoms with E-state index in [4.69, 9.17) is 0 Å². The molecular formula is C12H8BrF3O3. The lowest BCUT2D eigenvalue weighted by Gasteiger charge is -2.12. The molecule has 0 amide bonds. The van der Waals surface area contributed by atoms with Gasteiger partial charge in [0.2, 0.25) is 0 Å². The van der Waals surface area contributed by atoms with Gasteiger partial charge in [0.05, 0.1) is 10.0 Å². The summed E-state index contributed by atoms with van der Waals surface area (Å²) in [4.78, 5) is 22.8. The number of halogens is 4. The number of carbonyl (C=O) groups is 2. The minimum atomic E-state index is -5.10. The number of Topliss-reactive ketones (excluding diaryl/α,β-unsaturated/α-hetero) is 1. The van der Waals surface area contributed by atoms with Gasteiger partial charge < -0.3 is 4.74 Å². The summed E-state index contributed by atoms with van der Waals surface area (Å²) in [5, 5.41) is 0. The van der Waals surface area contributed by atoms with E-state index in [1.165, 1.54) is 6.07 Å². The Labute approximate surface area is 114 Å². The third kappa shape index (κ3) is 2.51. The fourth-order valence-corrected chi connectivity index (χ4v) is 2.37. The van der Waals surface area contributed by atoms with Crippen LogP contribution in [0.15, 0.2) is 16.6 Å². The lowest BCUT2D eigenvalue weighted by atomic mass is 10.1. The fourth-order valence-electron chi connectivity index (χ4n) is 1.96. The number of hydrogen-bond donors (Lipinski definition) is 0. The third-order valence-corrected chi connectivity index (χ3v) is 3.47. The maximum atomic E-state index is 12.2. The fraction of sp³-hybridized carbons (Fsp3) is 0.333. The zero-order valence-corrected chi connectivity index (χ0v) is 11.3. The van der Waals surface area contributed by atoms with Crippen molar-refractivity contribution >= 4 is 27.7 Å². The first kappa shape index (κ1) is 14.0. The summed E-state index contributed by atoms with van der Waals surface area (Å²) in [6.45, 7) is 1.67. The Balaban J connectivity index is 2.45. The number of alkyl halides is 3. The second-order valence-electron chi connectivity index (χ2n) is 4.27. The Morgan fingerprint density at radius 3 is 2.63 bits per heavy atom. The average molecular weight is 337 g/mol. The molecule has 1 aromatic carbocycles. The molecule has 19 heavy (non-hydrogen) atoms. The number of ketones is 1. The van der Waals surface area contributed by atoms with E-state index in [1.807, 2.05) is 0 Å². The van der Waals surface area contributed by atoms with E-state index in [0.717, 1.165) is 0 Å². The van der Waals surface area contributed by atoms with E-state index < -0.39 is 12.1 Å². The van der Waals surface area contributed by atoms with Gasteiger partial charge in [0.1, 0.15) is 0 Å². The molecule has 0 aliphatic heterocycles. The van der Waals surface area contributed by atoms with Crippen LogP contribution in [0.4, 0.5) is 13.2 Å². The van der Waals surface area contributed by atoms with E-state index in [0.29, 0.717) is 12.0 Å². The highest BCUT2D eigenvalue weighted by atomic mass is 79.9. The second kappa shape index (κ2) is 4.63. The predicted molar refractivity (Wildman–Crippen MR) is 63.0 cm³/mol. The SMILES string of the molecule is CC1Cc2ccc(Br)c(OC(=O)C(F)(F)F)c2C1=O. The molecule has 1 aromatic rings. The molecule has 0 aromatic heterocycles. The first-order chi connectivity index (χ1) is 8.71. The predicted octanol–water partition coefficient (Wildman–Crippen LogP) is 3.29. The Morgan fingerprint density at radius 2 is 2.05 bits per heavy atom. The van der Waals surface area contributed by atoms with Crippen molar-refractivity contribution < 1.29 is 27.5 Å². The molecule has 0 saturated carbocycles. The molecule has 102 valence electrons. The van der Waals surface area contributed by atoms with Crippen LogP contribution in [-0.4, -0.2) is 17.9 Å². The summed E-state index contributed by atoms with van der Waals surface area (Å²) in [7, 11) is 0. The van der Waals surface area contributed by atoms with Crippen molar-refractivity contribution in [2.75, 3.05) is 0 Å². The molecule has 0 saturated heterocycles. The van der Waals surface area contributed by atoms with Crippen molar-refractivity contribution in [3.63, 3.8) is 0 Å². The summed E-state index contributed by atoms with van der Waals surface area (Å²) in [5.41, 5.74) is 0.644. The Hall–Kier alpha value is -1.37. The van der Waals surface area contributed by atoms with Crippen LogP contribution < -0.4 is 4.74 Å².